The van der Waals surface area contributed by atoms with Crippen molar-refractivity contribution >= 4 is 40.6 Å². The van der Waals surface area contributed by atoms with Crippen LogP contribution in [-0.2, 0) is 14.3 Å². The van der Waals surface area contributed by atoms with Crippen molar-refractivity contribution < 1.29 is 28.5 Å². The molecule has 2 aromatic carbocycles. The van der Waals surface area contributed by atoms with Crippen LogP contribution in [0.2, 0.25) is 0 Å². The molecule has 1 N–H and O–H groups in total. The summed E-state index contributed by atoms with van der Waals surface area (Å²) < 4.78 is 20.8. The number of hydrogen-bond donors (Lipinski definition) is 1. The lowest BCUT2D eigenvalue weighted by molar-refractivity contribution is -0.145. The number of amidine groups is 1. The predicted octanol–water partition coefficient (Wildman–Crippen LogP) is 3.54. The van der Waals surface area contributed by atoms with Crippen LogP contribution in [0.3, 0.4) is 0 Å². The van der Waals surface area contributed by atoms with Gasteiger partial charge in [0.25, 0.3) is 5.91 Å². The number of esters is 1. The number of methoxy groups -OCH3 is 2. The standard InChI is InChI=1S/C22H22N2O6S/c1-4-29-20(25)13-30-18-11-14(5-10-17(18)28-3)12-19-21(26)24-22(31-19)23-15-6-8-16(27-2)9-7-15/h5-12H,4,13H2,1-3H3,(H,23,24,26)/b19-12+. The monoisotopic (exact) mass is 442 g/mol. The van der Waals surface area contributed by atoms with E-state index in [9.17, 15) is 9.59 Å². The molecule has 0 aromatic heterocycles. The van der Waals surface area contributed by atoms with Gasteiger partial charge < -0.3 is 24.3 Å². The highest BCUT2D eigenvalue weighted by atomic mass is 32.2. The number of nitrogens with one attached hydrogen (secondary N) is 1. The van der Waals surface area contributed by atoms with Crippen molar-refractivity contribution in [2.24, 2.45) is 4.99 Å². The molecule has 162 valence electrons. The van der Waals surface area contributed by atoms with Gasteiger partial charge in [-0.3, -0.25) is 4.79 Å². The van der Waals surface area contributed by atoms with Crippen LogP contribution < -0.4 is 19.5 Å². The number of hydrogen-bond acceptors (Lipinski definition) is 8. The number of carbonyl (C=O) groups is 2. The number of amides is 1. The maximum absolute atomic E-state index is 12.4. The summed E-state index contributed by atoms with van der Waals surface area (Å²) in [5.41, 5.74) is 1.41. The van der Waals surface area contributed by atoms with Crippen molar-refractivity contribution in [3.05, 3.63) is 52.9 Å². The minimum atomic E-state index is -0.474. The van der Waals surface area contributed by atoms with E-state index < -0.39 is 5.97 Å². The van der Waals surface area contributed by atoms with Gasteiger partial charge in [0.2, 0.25) is 0 Å². The molecule has 1 heterocycles. The minimum Gasteiger partial charge on any atom is -0.497 e. The second kappa shape index (κ2) is 10.5. The molecule has 1 saturated heterocycles. The SMILES string of the molecule is CCOC(=O)COc1cc(/C=C2/SC(=Nc3ccc(OC)cc3)NC2=O)ccc1OC. The first-order valence-electron chi connectivity index (χ1n) is 9.42. The van der Waals surface area contributed by atoms with Crippen LogP contribution in [0.1, 0.15) is 12.5 Å². The summed E-state index contributed by atoms with van der Waals surface area (Å²) >= 11 is 1.23. The summed E-state index contributed by atoms with van der Waals surface area (Å²) in [5.74, 6) is 0.853. The summed E-state index contributed by atoms with van der Waals surface area (Å²) in [4.78, 5) is 28.8. The minimum absolute atomic E-state index is 0.238. The first-order chi connectivity index (χ1) is 15.0. The van der Waals surface area contributed by atoms with E-state index in [0.29, 0.717) is 32.8 Å². The Labute approximate surface area is 184 Å². The molecule has 1 amide bonds. The third-order valence-electron chi connectivity index (χ3n) is 4.09. The Kier molecular flexibility index (Phi) is 7.55. The molecule has 0 radical (unpaired) electrons. The second-order valence-corrected chi connectivity index (χ2v) is 7.21. The second-order valence-electron chi connectivity index (χ2n) is 6.18. The Hall–Kier alpha value is -3.46. The first-order valence-corrected chi connectivity index (χ1v) is 10.2. The van der Waals surface area contributed by atoms with Gasteiger partial charge in [-0.1, -0.05) is 6.07 Å². The van der Waals surface area contributed by atoms with Crippen LogP contribution in [0.5, 0.6) is 17.2 Å². The molecule has 0 spiro atoms. The molecule has 0 aliphatic carbocycles. The van der Waals surface area contributed by atoms with E-state index in [1.54, 1.807) is 62.6 Å². The average molecular weight is 442 g/mol. The molecule has 31 heavy (non-hydrogen) atoms. The Morgan fingerprint density at radius 2 is 1.87 bits per heavy atom. The largest absolute Gasteiger partial charge is 0.497 e. The molecule has 0 unspecified atom stereocenters. The van der Waals surface area contributed by atoms with E-state index in [2.05, 4.69) is 10.3 Å². The molecule has 2 aromatic rings. The molecule has 9 heteroatoms. The number of ether oxygens (including phenoxy) is 4. The third-order valence-corrected chi connectivity index (χ3v) is 5.00. The summed E-state index contributed by atoms with van der Waals surface area (Å²) in [6.45, 7) is 1.76. The van der Waals surface area contributed by atoms with Crippen LogP contribution in [0, 0.1) is 0 Å². The molecular weight excluding hydrogens is 420 g/mol. The number of benzene rings is 2. The number of nitrogens with zero attached hydrogens (tertiary/aromatic N) is 1. The van der Waals surface area contributed by atoms with Crippen LogP contribution in [0.15, 0.2) is 52.4 Å². The predicted molar refractivity (Wildman–Crippen MR) is 119 cm³/mol. The lowest BCUT2D eigenvalue weighted by Gasteiger charge is -2.11. The Bertz CT molecular complexity index is 1020. The molecular formula is C22H22N2O6S. The van der Waals surface area contributed by atoms with Gasteiger partial charge in [0.15, 0.2) is 23.3 Å². The molecule has 0 atom stereocenters. The fourth-order valence-corrected chi connectivity index (χ4v) is 3.48. The topological polar surface area (TPSA) is 95.5 Å². The molecule has 1 fully saturated rings. The van der Waals surface area contributed by atoms with E-state index in [-0.39, 0.29) is 19.1 Å². The van der Waals surface area contributed by atoms with Crippen molar-refractivity contribution in [1.82, 2.24) is 5.32 Å². The Balaban J connectivity index is 1.75. The third kappa shape index (κ3) is 6.02. The van der Waals surface area contributed by atoms with E-state index >= 15 is 0 Å². The maximum atomic E-state index is 12.4. The van der Waals surface area contributed by atoms with E-state index in [0.717, 1.165) is 5.75 Å². The van der Waals surface area contributed by atoms with E-state index in [4.69, 9.17) is 18.9 Å². The van der Waals surface area contributed by atoms with Gasteiger partial charge in [0, 0.05) is 0 Å². The fraction of sp³-hybridized carbons (Fsp3) is 0.227. The molecule has 1 aliphatic rings. The van der Waals surface area contributed by atoms with Crippen LogP contribution in [-0.4, -0.2) is 44.5 Å². The molecule has 1 aliphatic heterocycles. The quantitative estimate of drug-likeness (QED) is 0.493. The van der Waals surface area contributed by atoms with Crippen LogP contribution >= 0.6 is 11.8 Å². The van der Waals surface area contributed by atoms with Crippen LogP contribution in [0.25, 0.3) is 6.08 Å². The lowest BCUT2D eigenvalue weighted by atomic mass is 10.2. The molecule has 8 nitrogen and oxygen atoms in total. The number of rotatable bonds is 8. The summed E-state index contributed by atoms with van der Waals surface area (Å²) in [6.07, 6.45) is 1.72. The first kappa shape index (κ1) is 22.2. The van der Waals surface area contributed by atoms with Crippen LogP contribution in [0.4, 0.5) is 5.69 Å². The average Bonchev–Trinajstić information content (AvgIpc) is 3.11. The van der Waals surface area contributed by atoms with Gasteiger partial charge in [0.1, 0.15) is 5.75 Å². The zero-order chi connectivity index (χ0) is 22.2. The summed E-state index contributed by atoms with van der Waals surface area (Å²) in [7, 11) is 3.10. The summed E-state index contributed by atoms with van der Waals surface area (Å²) in [5, 5.41) is 3.23. The number of thioether (sulfide) groups is 1. The van der Waals surface area contributed by atoms with Gasteiger partial charge >= 0.3 is 5.97 Å². The number of carbonyl (C=O) groups excluding carboxylic acids is 2. The van der Waals surface area contributed by atoms with Gasteiger partial charge in [0.05, 0.1) is 31.4 Å². The smallest absolute Gasteiger partial charge is 0.344 e. The van der Waals surface area contributed by atoms with E-state index in [1.807, 2.05) is 0 Å². The Morgan fingerprint density at radius 1 is 1.10 bits per heavy atom. The molecule has 3 rings (SSSR count). The van der Waals surface area contributed by atoms with Crippen molar-refractivity contribution in [3.63, 3.8) is 0 Å². The van der Waals surface area contributed by atoms with Gasteiger partial charge in [-0.25, -0.2) is 9.79 Å². The van der Waals surface area contributed by atoms with Gasteiger partial charge in [-0.15, -0.1) is 0 Å². The van der Waals surface area contributed by atoms with Crippen molar-refractivity contribution in [3.8, 4) is 17.2 Å². The highest BCUT2D eigenvalue weighted by Gasteiger charge is 2.24. The zero-order valence-electron chi connectivity index (χ0n) is 17.3. The molecule has 0 bridgehead atoms. The van der Waals surface area contributed by atoms with E-state index in [1.165, 1.54) is 18.9 Å². The highest BCUT2D eigenvalue weighted by molar-refractivity contribution is 8.18. The van der Waals surface area contributed by atoms with Crippen molar-refractivity contribution in [2.75, 3.05) is 27.4 Å². The summed E-state index contributed by atoms with van der Waals surface area (Å²) in [6, 6.07) is 12.4. The number of aliphatic imine (C=N–C) groups is 1. The van der Waals surface area contributed by atoms with Gasteiger partial charge in [-0.2, -0.15) is 0 Å². The van der Waals surface area contributed by atoms with Crippen molar-refractivity contribution in [2.45, 2.75) is 6.92 Å². The Morgan fingerprint density at radius 3 is 2.55 bits per heavy atom. The zero-order valence-corrected chi connectivity index (χ0v) is 18.2. The van der Waals surface area contributed by atoms with Gasteiger partial charge in [-0.05, 0) is 66.7 Å². The maximum Gasteiger partial charge on any atom is 0.344 e. The fourth-order valence-electron chi connectivity index (χ4n) is 2.64. The highest BCUT2D eigenvalue weighted by Crippen LogP contribution is 2.32. The molecule has 0 saturated carbocycles. The van der Waals surface area contributed by atoms with Crippen molar-refractivity contribution in [1.29, 1.82) is 0 Å². The normalized spacial score (nSPS) is 15.6. The lowest BCUT2D eigenvalue weighted by Crippen LogP contribution is -2.19.